The van der Waals surface area contributed by atoms with Crippen LogP contribution in [-0.4, -0.2) is 25.7 Å². The van der Waals surface area contributed by atoms with E-state index in [1.807, 2.05) is 0 Å². The molecule has 2 rings (SSSR count). The second-order valence-electron chi connectivity index (χ2n) is 2.39. The molecule has 66 valence electrons. The van der Waals surface area contributed by atoms with E-state index in [4.69, 9.17) is 16.7 Å². The quantitative estimate of drug-likeness (QED) is 0.695. The molecule has 1 N–H and O–H groups in total. The van der Waals surface area contributed by atoms with E-state index in [-0.39, 0.29) is 5.69 Å². The monoisotopic (exact) mass is 197 g/mol. The van der Waals surface area contributed by atoms with Gasteiger partial charge in [-0.2, -0.15) is 5.10 Å². The zero-order valence-electron chi connectivity index (χ0n) is 6.31. The van der Waals surface area contributed by atoms with Crippen LogP contribution in [0.5, 0.6) is 0 Å². The molecule has 0 bridgehead atoms. The van der Waals surface area contributed by atoms with Crippen molar-refractivity contribution in [1.29, 1.82) is 0 Å². The number of rotatable bonds is 1. The van der Waals surface area contributed by atoms with Crippen LogP contribution in [0.2, 0.25) is 5.15 Å². The maximum Gasteiger partial charge on any atom is 0.356 e. The first-order valence-corrected chi connectivity index (χ1v) is 3.80. The number of aromatic carboxylic acids is 1. The van der Waals surface area contributed by atoms with Crippen LogP contribution in [0.4, 0.5) is 0 Å². The van der Waals surface area contributed by atoms with E-state index in [0.29, 0.717) is 10.8 Å². The van der Waals surface area contributed by atoms with Gasteiger partial charge in [0.25, 0.3) is 0 Å². The van der Waals surface area contributed by atoms with Crippen molar-refractivity contribution in [2.75, 3.05) is 0 Å². The Morgan fingerprint density at radius 1 is 1.62 bits per heavy atom. The highest BCUT2D eigenvalue weighted by atomic mass is 35.5. The number of nitrogens with zero attached hydrogens (tertiary/aromatic N) is 3. The minimum atomic E-state index is -1.08. The summed E-state index contributed by atoms with van der Waals surface area (Å²) in [7, 11) is 0. The number of fused-ring (bicyclic) bond motifs is 1. The third kappa shape index (κ3) is 1.33. The van der Waals surface area contributed by atoms with E-state index < -0.39 is 5.97 Å². The molecule has 0 aliphatic rings. The molecule has 5 nitrogen and oxygen atoms in total. The summed E-state index contributed by atoms with van der Waals surface area (Å²) in [6, 6.07) is 2.89. The highest BCUT2D eigenvalue weighted by molar-refractivity contribution is 6.29. The minimum Gasteiger partial charge on any atom is -0.476 e. The predicted octanol–water partition coefficient (Wildman–Crippen LogP) is 1.08. The molecule has 0 amide bonds. The minimum absolute atomic E-state index is 0.0465. The van der Waals surface area contributed by atoms with Gasteiger partial charge in [-0.1, -0.05) is 11.6 Å². The van der Waals surface area contributed by atoms with Gasteiger partial charge in [0.05, 0.1) is 0 Å². The molecule has 0 spiro atoms. The third-order valence-electron chi connectivity index (χ3n) is 1.51. The zero-order chi connectivity index (χ0) is 9.42. The number of carbonyl (C=O) groups is 1. The first kappa shape index (κ1) is 8.00. The van der Waals surface area contributed by atoms with Crippen molar-refractivity contribution in [2.24, 2.45) is 0 Å². The van der Waals surface area contributed by atoms with E-state index in [1.165, 1.54) is 16.6 Å². The summed E-state index contributed by atoms with van der Waals surface area (Å²) in [6.45, 7) is 0. The van der Waals surface area contributed by atoms with Gasteiger partial charge in [-0.15, -0.1) is 0 Å². The molecule has 2 heterocycles. The van der Waals surface area contributed by atoms with Crippen molar-refractivity contribution in [3.8, 4) is 0 Å². The third-order valence-corrected chi connectivity index (χ3v) is 1.72. The van der Waals surface area contributed by atoms with Gasteiger partial charge in [0.15, 0.2) is 11.3 Å². The average molecular weight is 198 g/mol. The Hall–Kier alpha value is -1.62. The van der Waals surface area contributed by atoms with E-state index in [9.17, 15) is 4.79 Å². The molecule has 0 aliphatic heterocycles. The molecule has 0 radical (unpaired) electrons. The van der Waals surface area contributed by atoms with E-state index in [1.54, 1.807) is 6.20 Å². The molecule has 0 saturated carbocycles. The van der Waals surface area contributed by atoms with Gasteiger partial charge in [-0.25, -0.2) is 14.3 Å². The standard InChI is InChI=1S/C7H4ClN3O2/c8-5-1-2-11-6(9-5)3-4(10-11)7(12)13/h1-3H,(H,12,13). The Morgan fingerprint density at radius 3 is 3.08 bits per heavy atom. The second kappa shape index (κ2) is 2.70. The van der Waals surface area contributed by atoms with Crippen LogP contribution in [0.1, 0.15) is 10.5 Å². The average Bonchev–Trinajstić information content (AvgIpc) is 2.46. The highest BCUT2D eigenvalue weighted by Gasteiger charge is 2.08. The van der Waals surface area contributed by atoms with Crippen molar-refractivity contribution < 1.29 is 9.90 Å². The summed E-state index contributed by atoms with van der Waals surface area (Å²) in [5, 5.41) is 12.7. The largest absolute Gasteiger partial charge is 0.476 e. The maximum absolute atomic E-state index is 10.5. The number of hydrogen-bond acceptors (Lipinski definition) is 3. The van der Waals surface area contributed by atoms with Gasteiger partial charge in [0.2, 0.25) is 0 Å². The van der Waals surface area contributed by atoms with Crippen LogP contribution < -0.4 is 0 Å². The molecular weight excluding hydrogens is 194 g/mol. The Morgan fingerprint density at radius 2 is 2.38 bits per heavy atom. The maximum atomic E-state index is 10.5. The predicted molar refractivity (Wildman–Crippen MR) is 45.0 cm³/mol. The van der Waals surface area contributed by atoms with Crippen molar-refractivity contribution >= 4 is 23.2 Å². The Kier molecular flexibility index (Phi) is 1.66. The molecule has 0 unspecified atom stereocenters. The number of halogens is 1. The lowest BCUT2D eigenvalue weighted by Gasteiger charge is -1.90. The van der Waals surface area contributed by atoms with Crippen molar-refractivity contribution in [2.45, 2.75) is 0 Å². The van der Waals surface area contributed by atoms with Gasteiger partial charge in [-0.05, 0) is 6.07 Å². The Balaban J connectivity index is 2.68. The van der Waals surface area contributed by atoms with Crippen LogP contribution in [-0.2, 0) is 0 Å². The Labute approximate surface area is 77.6 Å². The number of aromatic nitrogens is 3. The van der Waals surface area contributed by atoms with Gasteiger partial charge in [0.1, 0.15) is 5.15 Å². The van der Waals surface area contributed by atoms with E-state index in [0.717, 1.165) is 0 Å². The van der Waals surface area contributed by atoms with E-state index >= 15 is 0 Å². The number of carboxylic acid groups (broad SMARTS) is 1. The molecule has 13 heavy (non-hydrogen) atoms. The highest BCUT2D eigenvalue weighted by Crippen LogP contribution is 2.08. The van der Waals surface area contributed by atoms with Gasteiger partial charge in [-0.3, -0.25) is 0 Å². The summed E-state index contributed by atoms with van der Waals surface area (Å²) < 4.78 is 1.36. The lowest BCUT2D eigenvalue weighted by atomic mass is 10.4. The van der Waals surface area contributed by atoms with Crippen LogP contribution in [0.25, 0.3) is 5.65 Å². The lowest BCUT2D eigenvalue weighted by Crippen LogP contribution is -1.97. The van der Waals surface area contributed by atoms with Crippen molar-refractivity contribution in [3.63, 3.8) is 0 Å². The van der Waals surface area contributed by atoms with E-state index in [2.05, 4.69) is 10.1 Å². The van der Waals surface area contributed by atoms with Crippen molar-refractivity contribution in [3.05, 3.63) is 29.2 Å². The molecule has 0 aliphatic carbocycles. The summed E-state index contributed by atoms with van der Waals surface area (Å²) >= 11 is 5.61. The molecule has 0 aromatic carbocycles. The summed E-state index contributed by atoms with van der Waals surface area (Å²) in [6.07, 6.45) is 1.55. The zero-order valence-corrected chi connectivity index (χ0v) is 7.06. The van der Waals surface area contributed by atoms with Gasteiger partial charge < -0.3 is 5.11 Å². The second-order valence-corrected chi connectivity index (χ2v) is 2.78. The van der Waals surface area contributed by atoms with Gasteiger partial charge in [0, 0.05) is 12.3 Å². The topological polar surface area (TPSA) is 67.5 Å². The number of hydrogen-bond donors (Lipinski definition) is 1. The van der Waals surface area contributed by atoms with Gasteiger partial charge >= 0.3 is 5.97 Å². The van der Waals surface area contributed by atoms with Crippen LogP contribution in [0.15, 0.2) is 18.3 Å². The fraction of sp³-hybridized carbons (Fsp3) is 0. The number of carboxylic acids is 1. The molecule has 6 heteroatoms. The molecular formula is C7H4ClN3O2. The lowest BCUT2D eigenvalue weighted by molar-refractivity contribution is 0.0690. The van der Waals surface area contributed by atoms with Crippen LogP contribution >= 0.6 is 11.6 Å². The van der Waals surface area contributed by atoms with Crippen LogP contribution in [0.3, 0.4) is 0 Å². The first-order valence-electron chi connectivity index (χ1n) is 3.42. The smallest absolute Gasteiger partial charge is 0.356 e. The summed E-state index contributed by atoms with van der Waals surface area (Å²) in [5.41, 5.74) is 0.375. The molecule has 0 atom stereocenters. The SMILES string of the molecule is O=C(O)c1cc2nc(Cl)ccn2n1. The molecule has 0 saturated heterocycles. The Bertz CT molecular complexity index is 480. The normalized spacial score (nSPS) is 10.5. The fourth-order valence-corrected chi connectivity index (χ4v) is 1.10. The molecule has 2 aromatic rings. The first-order chi connectivity index (χ1) is 6.16. The van der Waals surface area contributed by atoms with Crippen molar-refractivity contribution in [1.82, 2.24) is 14.6 Å². The summed E-state index contributed by atoms with van der Waals surface area (Å²) in [4.78, 5) is 14.4. The van der Waals surface area contributed by atoms with Crippen LogP contribution in [0, 0.1) is 0 Å². The molecule has 0 fully saturated rings. The molecule has 2 aromatic heterocycles. The summed E-state index contributed by atoms with van der Waals surface area (Å²) in [5.74, 6) is -1.08. The fourth-order valence-electron chi connectivity index (χ4n) is 0.961.